The van der Waals surface area contributed by atoms with Gasteiger partial charge < -0.3 is 4.90 Å². The lowest BCUT2D eigenvalue weighted by molar-refractivity contribution is 0.0849. The summed E-state index contributed by atoms with van der Waals surface area (Å²) in [4.78, 5) is 27.4. The normalized spacial score (nSPS) is 12.5. The van der Waals surface area contributed by atoms with Crippen LogP contribution in [0.15, 0.2) is 24.3 Å². The van der Waals surface area contributed by atoms with Gasteiger partial charge in [0.25, 0.3) is 0 Å². The van der Waals surface area contributed by atoms with Gasteiger partial charge in [0.1, 0.15) is 0 Å². The Morgan fingerprint density at radius 2 is 1.50 bits per heavy atom. The summed E-state index contributed by atoms with van der Waals surface area (Å²) in [7, 11) is 2.09. The van der Waals surface area contributed by atoms with Gasteiger partial charge in [0.15, 0.2) is 11.6 Å². The maximum Gasteiger partial charge on any atom is 0.168 e. The van der Waals surface area contributed by atoms with E-state index in [0.717, 1.165) is 19.5 Å². The van der Waals surface area contributed by atoms with Crippen LogP contribution in [0.5, 0.6) is 0 Å². The summed E-state index contributed by atoms with van der Waals surface area (Å²) >= 11 is 0. The number of rotatable bonds is 7. The van der Waals surface area contributed by atoms with Gasteiger partial charge in [0.05, 0.1) is 0 Å². The molecule has 1 rings (SSSR count). The number of Topliss-reactive ketones (excluding diaryl/α,β-unsaturated/α-hetero) is 2. The summed E-state index contributed by atoms with van der Waals surface area (Å²) in [6.45, 7) is 14.2. The molecule has 134 valence electrons. The monoisotopic (exact) mass is 331 g/mol. The fraction of sp³-hybridized carbons (Fsp3) is 0.619. The van der Waals surface area contributed by atoms with Crippen molar-refractivity contribution in [3.63, 3.8) is 0 Å². The van der Waals surface area contributed by atoms with Crippen LogP contribution in [0.2, 0.25) is 0 Å². The third-order valence-corrected chi connectivity index (χ3v) is 3.84. The Balaban J connectivity index is 2.71. The average Bonchev–Trinajstić information content (AvgIpc) is 2.43. The molecular formula is C21H33NO2. The zero-order valence-electron chi connectivity index (χ0n) is 16.4. The molecule has 0 aliphatic rings. The van der Waals surface area contributed by atoms with E-state index in [1.165, 1.54) is 0 Å². The highest BCUT2D eigenvalue weighted by molar-refractivity contribution is 6.10. The highest BCUT2D eigenvalue weighted by Crippen LogP contribution is 2.24. The van der Waals surface area contributed by atoms with Gasteiger partial charge in [-0.2, -0.15) is 0 Å². The highest BCUT2D eigenvalue weighted by Gasteiger charge is 2.26. The van der Waals surface area contributed by atoms with Crippen molar-refractivity contribution in [3.05, 3.63) is 35.4 Å². The van der Waals surface area contributed by atoms with Crippen molar-refractivity contribution in [1.29, 1.82) is 0 Å². The first-order valence-corrected chi connectivity index (χ1v) is 8.77. The molecule has 0 fully saturated rings. The van der Waals surface area contributed by atoms with Gasteiger partial charge in [0.2, 0.25) is 0 Å². The third-order valence-electron chi connectivity index (χ3n) is 3.84. The van der Waals surface area contributed by atoms with Gasteiger partial charge in [-0.15, -0.1) is 0 Å². The minimum Gasteiger partial charge on any atom is -0.306 e. The Morgan fingerprint density at radius 1 is 0.958 bits per heavy atom. The zero-order chi connectivity index (χ0) is 18.5. The summed E-state index contributed by atoms with van der Waals surface area (Å²) in [6, 6.07) is 7.21. The molecule has 0 heterocycles. The summed E-state index contributed by atoms with van der Waals surface area (Å²) < 4.78 is 0. The number of hydrogen-bond acceptors (Lipinski definition) is 3. The molecule has 0 N–H and O–H groups in total. The second-order valence-corrected chi connectivity index (χ2v) is 8.95. The quantitative estimate of drug-likeness (QED) is 0.670. The SMILES string of the molecule is CN(CCCC(=O)c1ccccc1C(=O)C(C)(C)C)CC(C)(C)C. The Hall–Kier alpha value is -1.48. The van der Waals surface area contributed by atoms with E-state index in [4.69, 9.17) is 0 Å². The number of hydrogen-bond donors (Lipinski definition) is 0. The van der Waals surface area contributed by atoms with Crippen LogP contribution in [-0.2, 0) is 0 Å². The molecule has 3 heteroatoms. The number of nitrogens with zero attached hydrogens (tertiary/aromatic N) is 1. The average molecular weight is 332 g/mol. The molecule has 0 aliphatic heterocycles. The second-order valence-electron chi connectivity index (χ2n) is 8.95. The summed E-state index contributed by atoms with van der Waals surface area (Å²) in [5.41, 5.74) is 0.891. The highest BCUT2D eigenvalue weighted by atomic mass is 16.1. The van der Waals surface area contributed by atoms with Gasteiger partial charge in [-0.05, 0) is 25.4 Å². The van der Waals surface area contributed by atoms with Crippen molar-refractivity contribution in [2.45, 2.75) is 54.4 Å². The van der Waals surface area contributed by atoms with Crippen molar-refractivity contribution in [2.75, 3.05) is 20.1 Å². The molecule has 0 amide bonds. The van der Waals surface area contributed by atoms with Crippen molar-refractivity contribution in [3.8, 4) is 0 Å². The Morgan fingerprint density at radius 3 is 2.00 bits per heavy atom. The van der Waals surface area contributed by atoms with Gasteiger partial charge in [0, 0.05) is 29.5 Å². The molecule has 1 aromatic rings. The third kappa shape index (κ3) is 6.56. The molecular weight excluding hydrogens is 298 g/mol. The lowest BCUT2D eigenvalue weighted by Gasteiger charge is -2.26. The maximum atomic E-state index is 12.6. The molecule has 3 nitrogen and oxygen atoms in total. The molecule has 1 aromatic carbocycles. The number of carbonyl (C=O) groups excluding carboxylic acids is 2. The Labute approximate surface area is 147 Å². The van der Waals surface area contributed by atoms with Crippen LogP contribution in [-0.4, -0.2) is 36.6 Å². The first kappa shape index (κ1) is 20.6. The van der Waals surface area contributed by atoms with Crippen molar-refractivity contribution in [1.82, 2.24) is 4.90 Å². The molecule has 0 bridgehead atoms. The van der Waals surface area contributed by atoms with E-state index >= 15 is 0 Å². The lowest BCUT2D eigenvalue weighted by Crippen LogP contribution is -2.30. The van der Waals surface area contributed by atoms with Crippen molar-refractivity contribution >= 4 is 11.6 Å². The number of carbonyl (C=O) groups is 2. The zero-order valence-corrected chi connectivity index (χ0v) is 16.4. The molecule has 0 saturated carbocycles. The predicted octanol–water partition coefficient (Wildman–Crippen LogP) is 4.86. The van der Waals surface area contributed by atoms with E-state index in [9.17, 15) is 9.59 Å². The van der Waals surface area contributed by atoms with Crippen LogP contribution in [0.25, 0.3) is 0 Å². The van der Waals surface area contributed by atoms with Gasteiger partial charge in [-0.1, -0.05) is 65.8 Å². The minimum atomic E-state index is -0.483. The van der Waals surface area contributed by atoms with E-state index in [1.54, 1.807) is 12.1 Å². The van der Waals surface area contributed by atoms with Crippen LogP contribution < -0.4 is 0 Å². The molecule has 0 spiro atoms. The van der Waals surface area contributed by atoms with E-state index in [0.29, 0.717) is 17.5 Å². The maximum absolute atomic E-state index is 12.6. The van der Waals surface area contributed by atoms with E-state index < -0.39 is 5.41 Å². The fourth-order valence-electron chi connectivity index (χ4n) is 2.86. The summed E-state index contributed by atoms with van der Waals surface area (Å²) in [5.74, 6) is 0.0867. The largest absolute Gasteiger partial charge is 0.306 e. The van der Waals surface area contributed by atoms with Crippen LogP contribution >= 0.6 is 0 Å². The van der Waals surface area contributed by atoms with Crippen LogP contribution in [0, 0.1) is 10.8 Å². The smallest absolute Gasteiger partial charge is 0.168 e. The molecule has 0 radical (unpaired) electrons. The number of ketones is 2. The topological polar surface area (TPSA) is 37.4 Å². The van der Waals surface area contributed by atoms with E-state index in [2.05, 4.69) is 32.7 Å². The molecule has 0 saturated heterocycles. The Kier molecular flexibility index (Phi) is 6.91. The molecule has 0 aromatic heterocycles. The van der Waals surface area contributed by atoms with Crippen molar-refractivity contribution < 1.29 is 9.59 Å². The Bertz CT molecular complexity index is 576. The molecule has 0 unspecified atom stereocenters. The summed E-state index contributed by atoms with van der Waals surface area (Å²) in [5, 5.41) is 0. The number of benzene rings is 1. The first-order chi connectivity index (χ1) is 10.9. The molecule has 0 atom stereocenters. The van der Waals surface area contributed by atoms with E-state index in [-0.39, 0.29) is 17.0 Å². The lowest BCUT2D eigenvalue weighted by atomic mass is 9.83. The van der Waals surface area contributed by atoms with Crippen LogP contribution in [0.4, 0.5) is 0 Å². The van der Waals surface area contributed by atoms with Crippen LogP contribution in [0.3, 0.4) is 0 Å². The second kappa shape index (κ2) is 8.06. The summed E-state index contributed by atoms with van der Waals surface area (Å²) in [6.07, 6.45) is 1.28. The van der Waals surface area contributed by atoms with Gasteiger partial charge >= 0.3 is 0 Å². The minimum absolute atomic E-state index is 0.0244. The fourth-order valence-corrected chi connectivity index (χ4v) is 2.86. The van der Waals surface area contributed by atoms with E-state index in [1.807, 2.05) is 32.9 Å². The van der Waals surface area contributed by atoms with Crippen molar-refractivity contribution in [2.24, 2.45) is 10.8 Å². The molecule has 24 heavy (non-hydrogen) atoms. The predicted molar refractivity (Wildman–Crippen MR) is 101 cm³/mol. The standard InChI is InChI=1S/C21H33NO2/c1-20(2,3)15-22(7)14-10-13-18(23)16-11-8-9-12-17(16)19(24)21(4,5)6/h8-9,11-12H,10,13-15H2,1-7H3. The first-order valence-electron chi connectivity index (χ1n) is 8.77. The molecule has 0 aliphatic carbocycles. The van der Waals surface area contributed by atoms with Gasteiger partial charge in [-0.3, -0.25) is 9.59 Å². The van der Waals surface area contributed by atoms with Crippen LogP contribution in [0.1, 0.15) is 75.1 Å². The van der Waals surface area contributed by atoms with Gasteiger partial charge in [-0.25, -0.2) is 0 Å².